The molecule has 1 heterocycles. The topological polar surface area (TPSA) is 132 Å². The molecule has 0 unspecified atom stereocenters. The number of phenolic OH excluding ortho intramolecular Hbond substituents is 1. The monoisotopic (exact) mass is 726 g/mol. The summed E-state index contributed by atoms with van der Waals surface area (Å²) < 4.78 is 67.0. The highest BCUT2D eigenvalue weighted by Crippen LogP contribution is 2.26. The fourth-order valence-electron chi connectivity index (χ4n) is 5.96. The van der Waals surface area contributed by atoms with Gasteiger partial charge in [0.25, 0.3) is 0 Å². The minimum Gasteiger partial charge on any atom is -0.506 e. The molecule has 4 rings (SSSR count). The molecular formula is C36H44F6N4O5. The first-order valence-corrected chi connectivity index (χ1v) is 16.9. The second-order valence-corrected chi connectivity index (χ2v) is 12.5. The van der Waals surface area contributed by atoms with Crippen molar-refractivity contribution in [3.8, 4) is 5.75 Å². The van der Waals surface area contributed by atoms with Gasteiger partial charge in [0.1, 0.15) is 5.75 Å². The molecule has 1 fully saturated rings. The molecule has 1 saturated carbocycles. The number of hydrogen-bond donors (Lipinski definition) is 4. The van der Waals surface area contributed by atoms with Crippen molar-refractivity contribution in [2.45, 2.75) is 82.6 Å². The molecular weight excluding hydrogens is 682 g/mol. The fraction of sp³-hybridized carbons (Fsp3) is 0.500. The van der Waals surface area contributed by atoms with Crippen LogP contribution >= 0.6 is 0 Å². The van der Waals surface area contributed by atoms with Crippen LogP contribution in [0, 0.1) is 0 Å². The van der Waals surface area contributed by atoms with Gasteiger partial charge in [-0.3, -0.25) is 19.2 Å². The van der Waals surface area contributed by atoms with Gasteiger partial charge in [0.15, 0.2) is 0 Å². The van der Waals surface area contributed by atoms with E-state index in [1.807, 2.05) is 12.1 Å². The Morgan fingerprint density at radius 2 is 1.47 bits per heavy atom. The summed E-state index contributed by atoms with van der Waals surface area (Å²) in [6.45, 7) is 5.99. The Morgan fingerprint density at radius 3 is 2.08 bits per heavy atom. The van der Waals surface area contributed by atoms with Crippen LogP contribution in [0.5, 0.6) is 5.75 Å². The molecule has 0 saturated heterocycles. The number of fused-ring (bicyclic) bond motifs is 1. The van der Waals surface area contributed by atoms with Gasteiger partial charge in [0, 0.05) is 50.1 Å². The SMILES string of the molecule is C[C@H](CNCCC(=O)N(CCNCCc1ccc(O)c2[nH]c(=O)ccc12)C1CCCCCC1)c1ccccc1.O=C(C(=O)C(F)(F)F)C(F)(F)F. The highest BCUT2D eigenvalue weighted by molar-refractivity contribution is 6.41. The summed E-state index contributed by atoms with van der Waals surface area (Å²) in [5.41, 5.74) is 2.64. The van der Waals surface area contributed by atoms with Crippen molar-refractivity contribution in [1.82, 2.24) is 20.5 Å². The summed E-state index contributed by atoms with van der Waals surface area (Å²) in [6.07, 6.45) is -3.12. The van der Waals surface area contributed by atoms with E-state index in [-0.39, 0.29) is 17.2 Å². The average molecular weight is 727 g/mol. The molecule has 1 aliphatic carbocycles. The largest absolute Gasteiger partial charge is 0.506 e. The highest BCUT2D eigenvalue weighted by Gasteiger charge is 2.54. The van der Waals surface area contributed by atoms with Crippen LogP contribution in [-0.2, 0) is 20.8 Å². The number of hydrogen-bond acceptors (Lipinski definition) is 7. The third kappa shape index (κ3) is 13.1. The minimum absolute atomic E-state index is 0.0842. The van der Waals surface area contributed by atoms with Gasteiger partial charge in [0.2, 0.25) is 11.5 Å². The first-order valence-electron chi connectivity index (χ1n) is 16.9. The molecule has 1 amide bonds. The second-order valence-electron chi connectivity index (χ2n) is 12.5. The lowest BCUT2D eigenvalue weighted by atomic mass is 10.0. The fourth-order valence-corrected chi connectivity index (χ4v) is 5.96. The Hall–Kier alpha value is -4.24. The number of aromatic amines is 1. The predicted molar refractivity (Wildman–Crippen MR) is 180 cm³/mol. The molecule has 280 valence electrons. The number of carbonyl (C=O) groups is 3. The van der Waals surface area contributed by atoms with E-state index in [0.29, 0.717) is 37.0 Å². The Labute approximate surface area is 291 Å². The number of alkyl halides is 6. The third-order valence-corrected chi connectivity index (χ3v) is 8.71. The maximum Gasteiger partial charge on any atom is 0.458 e. The maximum atomic E-state index is 13.4. The standard InChI is InChI=1S/C32H44N4O3.C4F6O2/c1-24(25-9-5-4-6-10-25)23-34-20-18-31(39)36(27-11-7-2-3-8-12-27)22-21-33-19-17-26-13-15-29(37)32-28(26)14-16-30(38)35-32;5-3(6,7)1(11)2(12)4(8,9)10/h4-6,9-10,13-16,24,27,33-34,37H,2-3,7-8,11-12,17-23H2,1H3,(H,35,38);/t24-;/m1./s1. The van der Waals surface area contributed by atoms with Crippen LogP contribution in [0.15, 0.2) is 59.4 Å². The van der Waals surface area contributed by atoms with Crippen molar-refractivity contribution in [3.63, 3.8) is 0 Å². The Morgan fingerprint density at radius 1 is 0.843 bits per heavy atom. The van der Waals surface area contributed by atoms with Gasteiger partial charge in [-0.25, -0.2) is 0 Å². The van der Waals surface area contributed by atoms with Crippen LogP contribution in [0.4, 0.5) is 26.3 Å². The quantitative estimate of drug-likeness (QED) is 0.0699. The van der Waals surface area contributed by atoms with Gasteiger partial charge >= 0.3 is 23.9 Å². The number of H-pyrrole nitrogens is 1. The van der Waals surface area contributed by atoms with Gasteiger partial charge in [-0.2, -0.15) is 26.3 Å². The first-order chi connectivity index (χ1) is 24.1. The van der Waals surface area contributed by atoms with E-state index in [2.05, 4.69) is 51.7 Å². The summed E-state index contributed by atoms with van der Waals surface area (Å²) in [5, 5.41) is 18.0. The number of pyridine rings is 1. The molecule has 0 spiro atoms. The number of benzene rings is 2. The van der Waals surface area contributed by atoms with Gasteiger partial charge in [-0.1, -0.05) is 69.0 Å². The number of aromatic nitrogens is 1. The molecule has 51 heavy (non-hydrogen) atoms. The number of Topliss-reactive ketones (excluding diaryl/α,β-unsaturated/α-hetero) is 2. The van der Waals surface area contributed by atoms with E-state index >= 15 is 0 Å². The summed E-state index contributed by atoms with van der Waals surface area (Å²) in [6, 6.07) is 17.6. The van der Waals surface area contributed by atoms with Crippen LogP contribution < -0.4 is 16.2 Å². The molecule has 0 aliphatic heterocycles. The van der Waals surface area contributed by atoms with Crippen molar-refractivity contribution in [2.24, 2.45) is 0 Å². The predicted octanol–water partition coefficient (Wildman–Crippen LogP) is 5.95. The van der Waals surface area contributed by atoms with Crippen molar-refractivity contribution >= 4 is 28.4 Å². The van der Waals surface area contributed by atoms with Crippen LogP contribution in [0.25, 0.3) is 10.9 Å². The zero-order valence-corrected chi connectivity index (χ0v) is 28.3. The number of amides is 1. The Kier molecular flexibility index (Phi) is 15.7. The molecule has 1 atom stereocenters. The lowest BCUT2D eigenvalue weighted by molar-refractivity contribution is -0.193. The van der Waals surface area contributed by atoms with E-state index in [4.69, 9.17) is 0 Å². The molecule has 0 radical (unpaired) electrons. The van der Waals surface area contributed by atoms with Crippen molar-refractivity contribution in [1.29, 1.82) is 0 Å². The van der Waals surface area contributed by atoms with E-state index in [0.717, 1.165) is 49.8 Å². The molecule has 0 bridgehead atoms. The normalized spacial score (nSPS) is 14.6. The van der Waals surface area contributed by atoms with E-state index in [9.17, 15) is 50.6 Å². The average Bonchev–Trinajstić information content (AvgIpc) is 3.38. The van der Waals surface area contributed by atoms with Crippen LogP contribution in [-0.4, -0.2) is 83.6 Å². The van der Waals surface area contributed by atoms with Crippen molar-refractivity contribution in [3.05, 3.63) is 76.1 Å². The number of halogens is 6. The van der Waals surface area contributed by atoms with Gasteiger partial charge in [-0.05, 0) is 55.0 Å². The molecule has 2 aromatic carbocycles. The molecule has 9 nitrogen and oxygen atoms in total. The molecule has 3 aromatic rings. The summed E-state index contributed by atoms with van der Waals surface area (Å²) in [7, 11) is 0. The zero-order valence-electron chi connectivity index (χ0n) is 28.3. The molecule has 15 heteroatoms. The summed E-state index contributed by atoms with van der Waals surface area (Å²) in [5.74, 6) is -6.07. The van der Waals surface area contributed by atoms with Gasteiger partial charge in [0.05, 0.1) is 5.52 Å². The number of ketones is 2. The lowest BCUT2D eigenvalue weighted by Gasteiger charge is -2.32. The van der Waals surface area contributed by atoms with Crippen LogP contribution in [0.1, 0.15) is 68.9 Å². The summed E-state index contributed by atoms with van der Waals surface area (Å²) >= 11 is 0. The lowest BCUT2D eigenvalue weighted by Crippen LogP contribution is -2.45. The minimum atomic E-state index is -5.77. The Balaban J connectivity index is 0.000000501. The number of aromatic hydroxyl groups is 1. The number of nitrogens with zero attached hydrogens (tertiary/aromatic N) is 1. The van der Waals surface area contributed by atoms with E-state index in [1.165, 1.54) is 37.3 Å². The van der Waals surface area contributed by atoms with E-state index in [1.54, 1.807) is 12.1 Å². The maximum absolute atomic E-state index is 13.4. The highest BCUT2D eigenvalue weighted by atomic mass is 19.4. The Bertz CT molecular complexity index is 1610. The molecule has 1 aliphatic rings. The van der Waals surface area contributed by atoms with Gasteiger partial charge < -0.3 is 25.6 Å². The number of carbonyl (C=O) groups excluding carboxylic acids is 3. The summed E-state index contributed by atoms with van der Waals surface area (Å²) in [4.78, 5) is 49.1. The van der Waals surface area contributed by atoms with Crippen molar-refractivity contribution < 1.29 is 45.8 Å². The second kappa shape index (κ2) is 19.4. The molecule has 4 N–H and O–H groups in total. The number of phenols is 1. The third-order valence-electron chi connectivity index (χ3n) is 8.71. The van der Waals surface area contributed by atoms with Crippen LogP contribution in [0.2, 0.25) is 0 Å². The van der Waals surface area contributed by atoms with Crippen LogP contribution in [0.3, 0.4) is 0 Å². The van der Waals surface area contributed by atoms with E-state index < -0.39 is 23.9 Å². The van der Waals surface area contributed by atoms with Gasteiger partial charge in [-0.15, -0.1) is 0 Å². The number of nitrogens with one attached hydrogen (secondary N) is 3. The smallest absolute Gasteiger partial charge is 0.458 e. The molecule has 1 aromatic heterocycles. The zero-order chi connectivity index (χ0) is 37.6. The number of rotatable bonds is 14. The first kappa shape index (κ1) is 41.2. The van der Waals surface area contributed by atoms with Crippen molar-refractivity contribution in [2.75, 3.05) is 32.7 Å².